The number of benzene rings is 1. The number of rotatable bonds is 7. The lowest BCUT2D eigenvalue weighted by Crippen LogP contribution is -2.37. The molecule has 0 heterocycles. The van der Waals surface area contributed by atoms with E-state index in [0.29, 0.717) is 6.54 Å². The van der Waals surface area contributed by atoms with Crippen molar-refractivity contribution >= 4 is 23.2 Å². The number of nitrogen functional groups attached to an aromatic ring is 1. The molecule has 1 aromatic rings. The molecule has 21 heavy (non-hydrogen) atoms. The van der Waals surface area contributed by atoms with E-state index in [2.05, 4.69) is 16.1 Å². The standard InChI is InChI=1S/C12H17N5O4/c1-2-6-14-10(18)7-15-12(19)8-4-3-5-9(16-13)11(8)17(20)21/h3-5,16H,2,6-7,13H2,1H3,(H,14,18)(H,15,19). The van der Waals surface area contributed by atoms with Gasteiger partial charge in [0.2, 0.25) is 5.91 Å². The number of para-hydroxylation sites is 1. The number of nitro groups is 1. The number of nitrogens with one attached hydrogen (secondary N) is 3. The smallest absolute Gasteiger partial charge is 0.306 e. The van der Waals surface area contributed by atoms with Gasteiger partial charge in [-0.3, -0.25) is 25.5 Å². The zero-order chi connectivity index (χ0) is 15.8. The number of hydrazine groups is 1. The van der Waals surface area contributed by atoms with Crippen LogP contribution in [0.4, 0.5) is 11.4 Å². The second-order valence-electron chi connectivity index (χ2n) is 4.14. The molecule has 0 aliphatic heterocycles. The number of nitrogens with two attached hydrogens (primary N) is 1. The molecule has 0 saturated carbocycles. The molecule has 0 unspecified atom stereocenters. The maximum atomic E-state index is 12.0. The fraction of sp³-hybridized carbons (Fsp3) is 0.333. The lowest BCUT2D eigenvalue weighted by atomic mass is 10.1. The van der Waals surface area contributed by atoms with E-state index in [4.69, 9.17) is 5.84 Å². The van der Waals surface area contributed by atoms with E-state index in [-0.39, 0.29) is 23.7 Å². The van der Waals surface area contributed by atoms with Crippen molar-refractivity contribution in [2.45, 2.75) is 13.3 Å². The molecule has 0 spiro atoms. The monoisotopic (exact) mass is 295 g/mol. The van der Waals surface area contributed by atoms with E-state index < -0.39 is 16.5 Å². The Morgan fingerprint density at radius 1 is 1.33 bits per heavy atom. The molecule has 5 N–H and O–H groups in total. The Labute approximate surface area is 121 Å². The molecule has 9 nitrogen and oxygen atoms in total. The topological polar surface area (TPSA) is 139 Å². The van der Waals surface area contributed by atoms with E-state index in [9.17, 15) is 19.7 Å². The van der Waals surface area contributed by atoms with Crippen molar-refractivity contribution in [1.29, 1.82) is 0 Å². The second kappa shape index (κ2) is 7.80. The number of nitrogens with zero attached hydrogens (tertiary/aromatic N) is 1. The highest BCUT2D eigenvalue weighted by molar-refractivity contribution is 6.01. The van der Waals surface area contributed by atoms with Crippen LogP contribution in [0.2, 0.25) is 0 Å². The van der Waals surface area contributed by atoms with Gasteiger partial charge in [-0.1, -0.05) is 13.0 Å². The van der Waals surface area contributed by atoms with Gasteiger partial charge in [-0.15, -0.1) is 0 Å². The number of carbonyl (C=O) groups excluding carboxylic acids is 2. The van der Waals surface area contributed by atoms with Crippen LogP contribution < -0.4 is 21.9 Å². The number of amides is 2. The molecule has 1 rings (SSSR count). The van der Waals surface area contributed by atoms with Crippen LogP contribution in [0.5, 0.6) is 0 Å². The lowest BCUT2D eigenvalue weighted by Gasteiger charge is -2.08. The van der Waals surface area contributed by atoms with E-state index in [1.54, 1.807) is 0 Å². The molecule has 114 valence electrons. The van der Waals surface area contributed by atoms with Gasteiger partial charge >= 0.3 is 5.69 Å². The summed E-state index contributed by atoms with van der Waals surface area (Å²) in [5.74, 6) is 4.11. The first-order valence-electron chi connectivity index (χ1n) is 6.30. The fourth-order valence-electron chi connectivity index (χ4n) is 1.62. The molecule has 9 heteroatoms. The van der Waals surface area contributed by atoms with Gasteiger partial charge in [-0.25, -0.2) is 0 Å². The first-order valence-corrected chi connectivity index (χ1v) is 6.30. The third-order valence-electron chi connectivity index (χ3n) is 2.60. The van der Waals surface area contributed by atoms with Crippen LogP contribution in [-0.2, 0) is 4.79 Å². The van der Waals surface area contributed by atoms with Gasteiger partial charge in [0, 0.05) is 6.54 Å². The van der Waals surface area contributed by atoms with Crippen molar-refractivity contribution in [1.82, 2.24) is 10.6 Å². The minimum Gasteiger partial charge on any atom is -0.355 e. The summed E-state index contributed by atoms with van der Waals surface area (Å²) in [4.78, 5) is 33.7. The van der Waals surface area contributed by atoms with Crippen LogP contribution in [0.15, 0.2) is 18.2 Å². The average molecular weight is 295 g/mol. The van der Waals surface area contributed by atoms with Crippen LogP contribution in [0.1, 0.15) is 23.7 Å². The van der Waals surface area contributed by atoms with Crippen LogP contribution in [0, 0.1) is 10.1 Å². The lowest BCUT2D eigenvalue weighted by molar-refractivity contribution is -0.384. The van der Waals surface area contributed by atoms with E-state index in [0.717, 1.165) is 6.42 Å². The normalized spacial score (nSPS) is 9.81. The van der Waals surface area contributed by atoms with Crippen molar-refractivity contribution in [3.05, 3.63) is 33.9 Å². The van der Waals surface area contributed by atoms with Gasteiger partial charge < -0.3 is 16.1 Å². The minimum absolute atomic E-state index is 0.0167. The molecule has 0 fully saturated rings. The summed E-state index contributed by atoms with van der Waals surface area (Å²) < 4.78 is 0. The molecule has 0 aliphatic carbocycles. The highest BCUT2D eigenvalue weighted by atomic mass is 16.6. The zero-order valence-electron chi connectivity index (χ0n) is 11.5. The first-order chi connectivity index (χ1) is 10.0. The minimum atomic E-state index is -0.717. The van der Waals surface area contributed by atoms with Crippen molar-refractivity contribution < 1.29 is 14.5 Å². The summed E-state index contributed by atoms with van der Waals surface area (Å²) in [6, 6.07) is 4.12. The van der Waals surface area contributed by atoms with Crippen molar-refractivity contribution in [2.75, 3.05) is 18.5 Å². The van der Waals surface area contributed by atoms with Crippen LogP contribution in [0.3, 0.4) is 0 Å². The number of carbonyl (C=O) groups is 2. The van der Waals surface area contributed by atoms with Gasteiger partial charge in [0.1, 0.15) is 11.3 Å². The highest BCUT2D eigenvalue weighted by Gasteiger charge is 2.24. The molecule has 1 aromatic carbocycles. The molecule has 0 aliphatic rings. The molecule has 0 aromatic heterocycles. The summed E-state index contributed by atoms with van der Waals surface area (Å²) in [6.45, 7) is 2.14. The summed E-state index contributed by atoms with van der Waals surface area (Å²) >= 11 is 0. The molecule has 0 radical (unpaired) electrons. The molecule has 0 atom stereocenters. The predicted octanol–water partition coefficient (Wildman–Crippen LogP) is 0.136. The Bertz CT molecular complexity index is 546. The van der Waals surface area contributed by atoms with E-state index >= 15 is 0 Å². The summed E-state index contributed by atoms with van der Waals surface area (Å²) in [7, 11) is 0. The maximum Gasteiger partial charge on any atom is 0.306 e. The van der Waals surface area contributed by atoms with Crippen LogP contribution in [-0.4, -0.2) is 29.8 Å². The van der Waals surface area contributed by atoms with E-state index in [1.165, 1.54) is 18.2 Å². The largest absolute Gasteiger partial charge is 0.355 e. The fourth-order valence-corrected chi connectivity index (χ4v) is 1.62. The third kappa shape index (κ3) is 4.42. The quantitative estimate of drug-likeness (QED) is 0.320. The molecule has 2 amide bonds. The molecular formula is C12H17N5O4. The molecule has 0 saturated heterocycles. The van der Waals surface area contributed by atoms with Crippen molar-refractivity contribution in [2.24, 2.45) is 5.84 Å². The Morgan fingerprint density at radius 2 is 2.05 bits per heavy atom. The highest BCUT2D eigenvalue weighted by Crippen LogP contribution is 2.27. The Kier molecular flexibility index (Phi) is 6.08. The van der Waals surface area contributed by atoms with Crippen molar-refractivity contribution in [3.8, 4) is 0 Å². The first kappa shape index (κ1) is 16.4. The second-order valence-corrected chi connectivity index (χ2v) is 4.14. The predicted molar refractivity (Wildman–Crippen MR) is 76.5 cm³/mol. The van der Waals surface area contributed by atoms with Gasteiger partial charge in [0.25, 0.3) is 5.91 Å². The van der Waals surface area contributed by atoms with Gasteiger partial charge in [0.15, 0.2) is 0 Å². The van der Waals surface area contributed by atoms with Gasteiger partial charge in [-0.05, 0) is 18.6 Å². The van der Waals surface area contributed by atoms with Gasteiger partial charge in [-0.2, -0.15) is 0 Å². The summed E-state index contributed by atoms with van der Waals surface area (Å²) in [5, 5.41) is 15.9. The SMILES string of the molecule is CCCNC(=O)CNC(=O)c1cccc(NN)c1[N+](=O)[O-]. The van der Waals surface area contributed by atoms with Gasteiger partial charge in [0.05, 0.1) is 11.5 Å². The summed E-state index contributed by atoms with van der Waals surface area (Å²) in [6.07, 6.45) is 0.773. The number of anilines is 1. The van der Waals surface area contributed by atoms with E-state index in [1.807, 2.05) is 6.92 Å². The number of hydrogen-bond donors (Lipinski definition) is 4. The Balaban J connectivity index is 2.83. The van der Waals surface area contributed by atoms with Crippen LogP contribution in [0.25, 0.3) is 0 Å². The molecular weight excluding hydrogens is 278 g/mol. The maximum absolute atomic E-state index is 12.0. The summed E-state index contributed by atoms with van der Waals surface area (Å²) in [5.41, 5.74) is 1.57. The molecule has 0 bridgehead atoms. The van der Waals surface area contributed by atoms with Crippen LogP contribution >= 0.6 is 0 Å². The average Bonchev–Trinajstić information content (AvgIpc) is 2.49. The Hall–Kier alpha value is -2.68. The Morgan fingerprint density at radius 3 is 2.62 bits per heavy atom. The third-order valence-corrected chi connectivity index (χ3v) is 2.60. The zero-order valence-corrected chi connectivity index (χ0v) is 11.5. The number of nitro benzene ring substituents is 1. The van der Waals surface area contributed by atoms with Crippen molar-refractivity contribution in [3.63, 3.8) is 0 Å². The number of hydrogen-bond acceptors (Lipinski definition) is 6.